The van der Waals surface area contributed by atoms with Gasteiger partial charge in [-0.3, -0.25) is 0 Å². The lowest BCUT2D eigenvalue weighted by Crippen LogP contribution is -2.04. The number of rotatable bonds is 4. The largest absolute Gasteiger partial charge is 0.461 e. The number of esters is 1. The third-order valence-corrected chi connectivity index (χ3v) is 3.38. The highest BCUT2D eigenvalue weighted by atomic mass is 16.5. The molecule has 2 aromatic heterocycles. The molecule has 0 amide bonds. The molecule has 0 aliphatic heterocycles. The Kier molecular flexibility index (Phi) is 3.89. The first kappa shape index (κ1) is 14.3. The van der Waals surface area contributed by atoms with Gasteiger partial charge in [0.05, 0.1) is 13.2 Å². The number of benzene rings is 1. The minimum atomic E-state index is -0.421. The van der Waals surface area contributed by atoms with Crippen molar-refractivity contribution in [3.8, 4) is 11.1 Å². The smallest absolute Gasteiger partial charge is 0.358 e. The third-order valence-electron chi connectivity index (χ3n) is 3.38. The molecule has 0 fully saturated rings. The number of carbonyl (C=O) groups excluding carboxylic acids is 1. The predicted molar refractivity (Wildman–Crippen MR) is 82.5 cm³/mol. The maximum Gasteiger partial charge on any atom is 0.358 e. The molecule has 0 unspecified atom stereocenters. The molecule has 5 nitrogen and oxygen atoms in total. The van der Waals surface area contributed by atoms with Gasteiger partial charge in [-0.25, -0.2) is 9.78 Å². The van der Waals surface area contributed by atoms with Crippen LogP contribution in [0.25, 0.3) is 16.8 Å². The van der Waals surface area contributed by atoms with E-state index in [9.17, 15) is 9.90 Å². The van der Waals surface area contributed by atoms with Gasteiger partial charge in [0.15, 0.2) is 5.69 Å². The van der Waals surface area contributed by atoms with E-state index in [1.807, 2.05) is 42.6 Å². The quantitative estimate of drug-likeness (QED) is 0.752. The number of nitrogens with zero attached hydrogens (tertiary/aromatic N) is 2. The topological polar surface area (TPSA) is 63.8 Å². The number of hydrogen-bond acceptors (Lipinski definition) is 4. The van der Waals surface area contributed by atoms with Crippen molar-refractivity contribution in [3.05, 3.63) is 60.0 Å². The van der Waals surface area contributed by atoms with Crippen LogP contribution in [0.3, 0.4) is 0 Å². The van der Waals surface area contributed by atoms with Crippen molar-refractivity contribution >= 4 is 11.6 Å². The van der Waals surface area contributed by atoms with Crippen LogP contribution in [-0.4, -0.2) is 27.1 Å². The van der Waals surface area contributed by atoms with E-state index in [2.05, 4.69) is 4.98 Å². The van der Waals surface area contributed by atoms with Gasteiger partial charge < -0.3 is 14.2 Å². The molecule has 2 heterocycles. The number of carbonyl (C=O) groups is 1. The first-order valence-electron chi connectivity index (χ1n) is 7.07. The van der Waals surface area contributed by atoms with Crippen molar-refractivity contribution in [1.29, 1.82) is 0 Å². The Bertz CT molecular complexity index is 824. The summed E-state index contributed by atoms with van der Waals surface area (Å²) >= 11 is 0. The number of aliphatic hydroxyl groups is 1. The van der Waals surface area contributed by atoms with Crippen molar-refractivity contribution in [2.24, 2.45) is 0 Å². The van der Waals surface area contributed by atoms with E-state index >= 15 is 0 Å². The van der Waals surface area contributed by atoms with Gasteiger partial charge in [0, 0.05) is 12.4 Å². The predicted octanol–water partition coefficient (Wildman–Crippen LogP) is 2.67. The third kappa shape index (κ3) is 2.71. The molecule has 0 atom stereocenters. The summed E-state index contributed by atoms with van der Waals surface area (Å²) in [7, 11) is 0. The number of imidazole rings is 1. The van der Waals surface area contributed by atoms with Gasteiger partial charge in [-0.2, -0.15) is 0 Å². The fourth-order valence-electron chi connectivity index (χ4n) is 2.32. The Morgan fingerprint density at radius 2 is 2.09 bits per heavy atom. The van der Waals surface area contributed by atoms with Crippen LogP contribution in [0.4, 0.5) is 0 Å². The van der Waals surface area contributed by atoms with Gasteiger partial charge >= 0.3 is 5.97 Å². The maximum atomic E-state index is 11.7. The van der Waals surface area contributed by atoms with Gasteiger partial charge in [0.1, 0.15) is 5.65 Å². The van der Waals surface area contributed by atoms with E-state index in [1.165, 1.54) is 0 Å². The summed E-state index contributed by atoms with van der Waals surface area (Å²) in [5.41, 5.74) is 3.82. The molecule has 0 spiro atoms. The highest BCUT2D eigenvalue weighted by molar-refractivity contribution is 5.88. The molecule has 0 saturated heterocycles. The first-order chi connectivity index (χ1) is 10.7. The molecule has 0 bridgehead atoms. The standard InChI is InChI=1S/C17H16N2O3/c1-2-22-17(21)15-10-19-9-14(6-7-16(19)18-15)13-5-3-4-12(8-13)11-20/h3-10,20H,2,11H2,1H3. The Balaban J connectivity index is 2.00. The van der Waals surface area contributed by atoms with Crippen LogP contribution in [0, 0.1) is 0 Å². The lowest BCUT2D eigenvalue weighted by Gasteiger charge is -2.04. The Labute approximate surface area is 127 Å². The zero-order chi connectivity index (χ0) is 15.5. The summed E-state index contributed by atoms with van der Waals surface area (Å²) in [4.78, 5) is 16.0. The summed E-state index contributed by atoms with van der Waals surface area (Å²) in [5.74, 6) is -0.421. The molecule has 3 rings (SSSR count). The summed E-state index contributed by atoms with van der Waals surface area (Å²) in [6.45, 7) is 2.10. The highest BCUT2D eigenvalue weighted by Crippen LogP contribution is 2.21. The lowest BCUT2D eigenvalue weighted by molar-refractivity contribution is 0.0520. The van der Waals surface area contributed by atoms with Crippen LogP contribution >= 0.6 is 0 Å². The molecule has 1 N–H and O–H groups in total. The van der Waals surface area contributed by atoms with Gasteiger partial charge in [-0.05, 0) is 41.8 Å². The molecule has 0 aliphatic rings. The average molecular weight is 296 g/mol. The van der Waals surface area contributed by atoms with Crippen molar-refractivity contribution in [2.75, 3.05) is 6.61 Å². The molecule has 112 valence electrons. The van der Waals surface area contributed by atoms with Crippen molar-refractivity contribution in [2.45, 2.75) is 13.5 Å². The minimum Gasteiger partial charge on any atom is -0.461 e. The van der Waals surface area contributed by atoms with E-state index in [0.717, 1.165) is 16.7 Å². The second-order valence-corrected chi connectivity index (χ2v) is 4.89. The monoisotopic (exact) mass is 296 g/mol. The molecule has 5 heteroatoms. The molecule has 3 aromatic rings. The Hall–Kier alpha value is -2.66. The first-order valence-corrected chi connectivity index (χ1v) is 7.07. The van der Waals surface area contributed by atoms with Crippen LogP contribution < -0.4 is 0 Å². The summed E-state index contributed by atoms with van der Waals surface area (Å²) in [5, 5.41) is 9.23. The second kappa shape index (κ2) is 5.99. The van der Waals surface area contributed by atoms with Crippen LogP contribution in [-0.2, 0) is 11.3 Å². The van der Waals surface area contributed by atoms with E-state index in [0.29, 0.717) is 17.9 Å². The van der Waals surface area contributed by atoms with Crippen LogP contribution in [0.5, 0.6) is 0 Å². The molecule has 0 radical (unpaired) electrons. The summed E-state index contributed by atoms with van der Waals surface area (Å²) < 4.78 is 6.76. The minimum absolute atomic E-state index is 0.00810. The number of pyridine rings is 1. The molecule has 0 saturated carbocycles. The number of fused-ring (bicyclic) bond motifs is 1. The fraction of sp³-hybridized carbons (Fsp3) is 0.176. The number of hydrogen-bond donors (Lipinski definition) is 1. The SMILES string of the molecule is CCOC(=O)c1cn2cc(-c3cccc(CO)c3)ccc2n1. The molecule has 22 heavy (non-hydrogen) atoms. The number of ether oxygens (including phenoxy) is 1. The van der Waals surface area contributed by atoms with Gasteiger partial charge in [0.25, 0.3) is 0 Å². The van der Waals surface area contributed by atoms with Crippen molar-refractivity contribution in [3.63, 3.8) is 0 Å². The van der Waals surface area contributed by atoms with E-state index in [1.54, 1.807) is 17.5 Å². The normalized spacial score (nSPS) is 10.8. The average Bonchev–Trinajstić information content (AvgIpc) is 2.98. The van der Waals surface area contributed by atoms with Gasteiger partial charge in [-0.15, -0.1) is 0 Å². The number of aromatic nitrogens is 2. The second-order valence-electron chi connectivity index (χ2n) is 4.89. The molecular formula is C17H16N2O3. The zero-order valence-electron chi connectivity index (χ0n) is 12.2. The summed E-state index contributed by atoms with van der Waals surface area (Å²) in [6.07, 6.45) is 3.56. The Morgan fingerprint density at radius 3 is 2.86 bits per heavy atom. The Morgan fingerprint density at radius 1 is 1.23 bits per heavy atom. The van der Waals surface area contributed by atoms with Gasteiger partial charge in [-0.1, -0.05) is 18.2 Å². The van der Waals surface area contributed by atoms with Crippen LogP contribution in [0.15, 0.2) is 48.8 Å². The number of aliphatic hydroxyl groups excluding tert-OH is 1. The summed E-state index contributed by atoms with van der Waals surface area (Å²) in [6, 6.07) is 11.5. The van der Waals surface area contributed by atoms with Crippen molar-refractivity contribution < 1.29 is 14.6 Å². The highest BCUT2D eigenvalue weighted by Gasteiger charge is 2.12. The zero-order valence-corrected chi connectivity index (χ0v) is 12.2. The maximum absolute atomic E-state index is 11.7. The molecule has 1 aromatic carbocycles. The van der Waals surface area contributed by atoms with Crippen molar-refractivity contribution in [1.82, 2.24) is 9.38 Å². The van der Waals surface area contributed by atoms with Crippen LogP contribution in [0.2, 0.25) is 0 Å². The fourth-order valence-corrected chi connectivity index (χ4v) is 2.32. The van der Waals surface area contributed by atoms with E-state index < -0.39 is 5.97 Å². The van der Waals surface area contributed by atoms with Gasteiger partial charge in [0.2, 0.25) is 0 Å². The molecular weight excluding hydrogens is 280 g/mol. The molecule has 0 aliphatic carbocycles. The van der Waals surface area contributed by atoms with Crippen LogP contribution in [0.1, 0.15) is 23.0 Å². The lowest BCUT2D eigenvalue weighted by atomic mass is 10.1. The van der Waals surface area contributed by atoms with E-state index in [-0.39, 0.29) is 6.61 Å². The van der Waals surface area contributed by atoms with E-state index in [4.69, 9.17) is 4.74 Å².